The number of aliphatic hydroxyl groups excluding tert-OH is 1. The molecule has 0 bridgehead atoms. The highest BCUT2D eigenvalue weighted by Gasteiger charge is 2.26. The molecule has 0 spiro atoms. The van der Waals surface area contributed by atoms with Crippen LogP contribution >= 0.6 is 0 Å². The molecule has 2 amide bonds. The molecule has 1 fully saturated rings. The third-order valence-electron chi connectivity index (χ3n) is 6.40. The molecule has 2 aromatic carbocycles. The van der Waals surface area contributed by atoms with Crippen molar-refractivity contribution in [3.8, 4) is 11.5 Å². The lowest BCUT2D eigenvalue weighted by molar-refractivity contribution is -0.124. The Morgan fingerprint density at radius 2 is 2.08 bits per heavy atom. The lowest BCUT2D eigenvalue weighted by Gasteiger charge is -2.14. The van der Waals surface area contributed by atoms with Crippen molar-refractivity contribution in [1.29, 1.82) is 0 Å². The number of methoxy groups -OCH3 is 1. The van der Waals surface area contributed by atoms with Crippen molar-refractivity contribution < 1.29 is 28.6 Å². The first-order chi connectivity index (χ1) is 17.9. The van der Waals surface area contributed by atoms with Gasteiger partial charge in [0.15, 0.2) is 17.4 Å². The minimum absolute atomic E-state index is 0.000488. The van der Waals surface area contributed by atoms with Gasteiger partial charge in [0, 0.05) is 12.6 Å². The summed E-state index contributed by atoms with van der Waals surface area (Å²) in [7, 11) is 1.55. The van der Waals surface area contributed by atoms with E-state index < -0.39 is 29.8 Å². The van der Waals surface area contributed by atoms with Gasteiger partial charge in [-0.25, -0.2) is 9.37 Å². The number of H-pyrrole nitrogens is 1. The molecular formula is C26H29FN4O6. The van der Waals surface area contributed by atoms with Gasteiger partial charge >= 0.3 is 0 Å². The third-order valence-corrected chi connectivity index (χ3v) is 6.40. The smallest absolute Gasteiger partial charge is 0.287 e. The van der Waals surface area contributed by atoms with Crippen LogP contribution in [-0.2, 0) is 11.3 Å². The molecular weight excluding hydrogens is 483 g/mol. The van der Waals surface area contributed by atoms with E-state index in [0.717, 1.165) is 30.9 Å². The van der Waals surface area contributed by atoms with Gasteiger partial charge < -0.3 is 30.2 Å². The predicted octanol–water partition coefficient (Wildman–Crippen LogP) is 2.05. The highest BCUT2D eigenvalue weighted by Crippen LogP contribution is 2.30. The van der Waals surface area contributed by atoms with Crippen LogP contribution in [0.4, 0.5) is 4.39 Å². The van der Waals surface area contributed by atoms with Gasteiger partial charge in [-0.05, 0) is 61.4 Å². The summed E-state index contributed by atoms with van der Waals surface area (Å²) in [5.41, 5.74) is 0.260. The van der Waals surface area contributed by atoms with Crippen molar-refractivity contribution in [2.45, 2.75) is 38.3 Å². The number of halogens is 1. The molecule has 1 heterocycles. The minimum Gasteiger partial charge on any atom is -0.497 e. The topological polar surface area (TPSA) is 143 Å². The fraction of sp³-hybridized carbons (Fsp3) is 0.385. The van der Waals surface area contributed by atoms with Crippen molar-refractivity contribution in [3.05, 3.63) is 64.0 Å². The molecule has 0 radical (unpaired) electrons. The molecule has 0 aliphatic heterocycles. The van der Waals surface area contributed by atoms with Gasteiger partial charge in [-0.2, -0.15) is 0 Å². The Bertz CT molecular complexity index is 1340. The normalized spacial score (nSPS) is 16.9. The van der Waals surface area contributed by atoms with Crippen LogP contribution < -0.4 is 25.7 Å². The Hall–Kier alpha value is -3.99. The molecule has 0 saturated heterocycles. The second kappa shape index (κ2) is 11.8. The van der Waals surface area contributed by atoms with Crippen LogP contribution in [0.25, 0.3) is 10.9 Å². The van der Waals surface area contributed by atoms with E-state index in [9.17, 15) is 18.8 Å². The number of benzene rings is 2. The highest BCUT2D eigenvalue weighted by molar-refractivity contribution is 5.93. The summed E-state index contributed by atoms with van der Waals surface area (Å²) in [6, 6.07) is 9.67. The number of nitrogens with one attached hydrogen (secondary N) is 3. The van der Waals surface area contributed by atoms with Crippen LogP contribution in [-0.4, -0.2) is 53.3 Å². The molecule has 2 atom stereocenters. The van der Waals surface area contributed by atoms with E-state index in [2.05, 4.69) is 20.6 Å². The number of aromatic nitrogens is 2. The van der Waals surface area contributed by atoms with Crippen molar-refractivity contribution in [3.63, 3.8) is 0 Å². The molecule has 37 heavy (non-hydrogen) atoms. The maximum absolute atomic E-state index is 14.6. The maximum atomic E-state index is 14.6. The SMILES string of the molecule is COc1cccc(CNC(=O)c2nc3ccc(F)c(OCCC4CCC(NC(=O)CO)C4)c3c(=O)[nH]2)c1. The number of carbonyl (C=O) groups is 2. The van der Waals surface area contributed by atoms with Crippen LogP contribution in [0.1, 0.15) is 41.9 Å². The fourth-order valence-corrected chi connectivity index (χ4v) is 4.54. The van der Waals surface area contributed by atoms with Crippen molar-refractivity contribution in [2.24, 2.45) is 5.92 Å². The number of amides is 2. The zero-order valence-electron chi connectivity index (χ0n) is 20.4. The largest absolute Gasteiger partial charge is 0.497 e. The van der Waals surface area contributed by atoms with Crippen LogP contribution in [0, 0.1) is 11.7 Å². The standard InChI is InChI=1S/C26H29FN4O6/c1-36-18-4-2-3-16(12-18)13-28-26(35)24-30-20-8-7-19(27)23(22(20)25(34)31-24)37-10-9-15-5-6-17(11-15)29-21(33)14-32/h2-4,7-8,12,15,17,32H,5-6,9-11,13-14H2,1H3,(H,28,35)(H,29,33)(H,30,31,34). The Morgan fingerprint density at radius 3 is 2.86 bits per heavy atom. The number of ether oxygens (including phenoxy) is 2. The summed E-state index contributed by atoms with van der Waals surface area (Å²) in [6.07, 6.45) is 3.01. The lowest BCUT2D eigenvalue weighted by Crippen LogP contribution is -2.34. The number of nitrogens with zero attached hydrogens (tertiary/aromatic N) is 1. The highest BCUT2D eigenvalue weighted by atomic mass is 19.1. The first-order valence-electron chi connectivity index (χ1n) is 12.0. The van der Waals surface area contributed by atoms with Crippen molar-refractivity contribution in [2.75, 3.05) is 20.3 Å². The molecule has 1 aromatic heterocycles. The summed E-state index contributed by atoms with van der Waals surface area (Å²) in [6.45, 7) is -0.177. The molecule has 2 unspecified atom stereocenters. The van der Waals surface area contributed by atoms with E-state index in [1.807, 2.05) is 6.07 Å². The van der Waals surface area contributed by atoms with Gasteiger partial charge in [-0.15, -0.1) is 0 Å². The lowest BCUT2D eigenvalue weighted by atomic mass is 10.0. The average molecular weight is 513 g/mol. The van der Waals surface area contributed by atoms with Gasteiger partial charge in [0.25, 0.3) is 11.5 Å². The number of aliphatic hydroxyl groups is 1. The van der Waals surface area contributed by atoms with Crippen LogP contribution in [0.3, 0.4) is 0 Å². The van der Waals surface area contributed by atoms with Gasteiger partial charge in [-0.1, -0.05) is 12.1 Å². The zero-order chi connectivity index (χ0) is 26.4. The molecule has 1 aliphatic carbocycles. The Kier molecular flexibility index (Phi) is 8.34. The Labute approximate surface area is 212 Å². The number of fused-ring (bicyclic) bond motifs is 1. The molecule has 3 aromatic rings. The second-order valence-electron chi connectivity index (χ2n) is 8.96. The average Bonchev–Trinajstić information content (AvgIpc) is 3.35. The van der Waals surface area contributed by atoms with Crippen LogP contribution in [0.15, 0.2) is 41.2 Å². The number of hydrogen-bond acceptors (Lipinski definition) is 7. The summed E-state index contributed by atoms with van der Waals surface area (Å²) < 4.78 is 25.5. The van der Waals surface area contributed by atoms with Crippen LogP contribution in [0.2, 0.25) is 0 Å². The first kappa shape index (κ1) is 26.1. The summed E-state index contributed by atoms with van der Waals surface area (Å²) >= 11 is 0. The quantitative estimate of drug-likeness (QED) is 0.326. The first-order valence-corrected chi connectivity index (χ1v) is 12.0. The van der Waals surface area contributed by atoms with Gasteiger partial charge in [0.05, 0.1) is 19.2 Å². The minimum atomic E-state index is -0.700. The van der Waals surface area contributed by atoms with E-state index in [-0.39, 0.29) is 47.6 Å². The molecule has 4 N–H and O–H groups in total. The van der Waals surface area contributed by atoms with E-state index in [0.29, 0.717) is 12.2 Å². The number of carbonyl (C=O) groups excluding carboxylic acids is 2. The molecule has 4 rings (SSSR count). The van der Waals surface area contributed by atoms with Crippen molar-refractivity contribution in [1.82, 2.24) is 20.6 Å². The van der Waals surface area contributed by atoms with Crippen LogP contribution in [0.5, 0.6) is 11.5 Å². The molecule has 10 nitrogen and oxygen atoms in total. The summed E-state index contributed by atoms with van der Waals surface area (Å²) in [5, 5.41) is 14.3. The predicted molar refractivity (Wildman–Crippen MR) is 133 cm³/mol. The van der Waals surface area contributed by atoms with Crippen molar-refractivity contribution >= 4 is 22.7 Å². The van der Waals surface area contributed by atoms with E-state index in [1.54, 1.807) is 25.3 Å². The molecule has 1 saturated carbocycles. The molecule has 11 heteroatoms. The number of rotatable bonds is 10. The van der Waals surface area contributed by atoms with E-state index in [4.69, 9.17) is 14.6 Å². The summed E-state index contributed by atoms with van der Waals surface area (Å²) in [4.78, 5) is 43.5. The monoisotopic (exact) mass is 512 g/mol. The third kappa shape index (κ3) is 6.42. The number of aromatic amines is 1. The molecule has 196 valence electrons. The zero-order valence-corrected chi connectivity index (χ0v) is 20.4. The molecule has 1 aliphatic rings. The maximum Gasteiger partial charge on any atom is 0.287 e. The number of hydrogen-bond donors (Lipinski definition) is 4. The van der Waals surface area contributed by atoms with E-state index >= 15 is 0 Å². The van der Waals surface area contributed by atoms with Gasteiger partial charge in [0.2, 0.25) is 5.91 Å². The second-order valence-corrected chi connectivity index (χ2v) is 8.96. The van der Waals surface area contributed by atoms with Gasteiger partial charge in [0.1, 0.15) is 17.7 Å². The van der Waals surface area contributed by atoms with Gasteiger partial charge in [-0.3, -0.25) is 14.4 Å². The Morgan fingerprint density at radius 1 is 1.24 bits per heavy atom. The Balaban J connectivity index is 1.41. The summed E-state index contributed by atoms with van der Waals surface area (Å²) in [5.74, 6) is -1.18. The fourth-order valence-electron chi connectivity index (χ4n) is 4.54. The van der Waals surface area contributed by atoms with E-state index in [1.165, 1.54) is 6.07 Å².